The number of unbranched alkanes of at least 4 members (excludes halogenated alkanes) is 2. The highest BCUT2D eigenvalue weighted by molar-refractivity contribution is 5.89. The highest BCUT2D eigenvalue weighted by atomic mass is 19.1. The Balaban J connectivity index is 1.35. The van der Waals surface area contributed by atoms with Gasteiger partial charge in [-0.15, -0.1) is 0 Å². The fraction of sp³-hybridized carbons (Fsp3) is 0.273. The predicted molar refractivity (Wildman–Crippen MR) is 110 cm³/mol. The van der Waals surface area contributed by atoms with Crippen molar-refractivity contribution in [3.8, 4) is 11.3 Å². The van der Waals surface area contributed by atoms with Gasteiger partial charge in [-0.05, 0) is 49.6 Å². The summed E-state index contributed by atoms with van der Waals surface area (Å²) in [6.07, 6.45) is 3.91. The molecule has 2 N–H and O–H groups in total. The van der Waals surface area contributed by atoms with E-state index < -0.39 is 0 Å². The molecule has 0 spiro atoms. The molecule has 3 aromatic rings. The SMILES string of the molecule is CN(CCCCCc1cc(-c2ccccc2)n[nH]1)C(=O)Nc1ccc(F)cc1. The fourth-order valence-electron chi connectivity index (χ4n) is 2.94. The largest absolute Gasteiger partial charge is 0.328 e. The topological polar surface area (TPSA) is 61.0 Å². The van der Waals surface area contributed by atoms with Gasteiger partial charge in [0, 0.05) is 30.5 Å². The second kappa shape index (κ2) is 9.69. The average Bonchev–Trinajstić information content (AvgIpc) is 3.19. The minimum atomic E-state index is -0.320. The number of carbonyl (C=O) groups is 1. The molecule has 1 aromatic heterocycles. The number of carbonyl (C=O) groups excluding carboxylic acids is 1. The van der Waals surface area contributed by atoms with E-state index in [1.54, 1.807) is 24.1 Å². The Morgan fingerprint density at radius 1 is 1.07 bits per heavy atom. The number of aromatic amines is 1. The van der Waals surface area contributed by atoms with Crippen LogP contribution in [0.5, 0.6) is 0 Å². The van der Waals surface area contributed by atoms with E-state index >= 15 is 0 Å². The fourth-order valence-corrected chi connectivity index (χ4v) is 2.94. The molecule has 3 rings (SSSR count). The Labute approximate surface area is 164 Å². The third-order valence-electron chi connectivity index (χ3n) is 4.58. The van der Waals surface area contributed by atoms with Gasteiger partial charge >= 0.3 is 6.03 Å². The summed E-state index contributed by atoms with van der Waals surface area (Å²) >= 11 is 0. The van der Waals surface area contributed by atoms with Crippen molar-refractivity contribution >= 4 is 11.7 Å². The van der Waals surface area contributed by atoms with Gasteiger partial charge < -0.3 is 10.2 Å². The zero-order chi connectivity index (χ0) is 19.8. The lowest BCUT2D eigenvalue weighted by Crippen LogP contribution is -2.32. The summed E-state index contributed by atoms with van der Waals surface area (Å²) in [5.41, 5.74) is 3.79. The van der Waals surface area contributed by atoms with Crippen LogP contribution < -0.4 is 5.32 Å². The summed E-state index contributed by atoms with van der Waals surface area (Å²) in [7, 11) is 1.76. The van der Waals surface area contributed by atoms with Crippen LogP contribution in [0.3, 0.4) is 0 Å². The molecule has 5 nitrogen and oxygen atoms in total. The minimum Gasteiger partial charge on any atom is -0.328 e. The molecule has 0 saturated heterocycles. The number of halogens is 1. The molecule has 0 atom stereocenters. The van der Waals surface area contributed by atoms with Crippen molar-refractivity contribution in [3.05, 3.63) is 72.2 Å². The van der Waals surface area contributed by atoms with Crippen LogP contribution in [0.25, 0.3) is 11.3 Å². The molecule has 6 heteroatoms. The first-order chi connectivity index (χ1) is 13.6. The third kappa shape index (κ3) is 5.67. The van der Waals surface area contributed by atoms with E-state index in [4.69, 9.17) is 0 Å². The number of hydrogen-bond donors (Lipinski definition) is 2. The molecule has 2 aromatic carbocycles. The summed E-state index contributed by atoms with van der Waals surface area (Å²) in [5.74, 6) is -0.320. The molecule has 2 amide bonds. The number of benzene rings is 2. The highest BCUT2D eigenvalue weighted by Crippen LogP contribution is 2.18. The maximum absolute atomic E-state index is 12.9. The van der Waals surface area contributed by atoms with Crippen molar-refractivity contribution < 1.29 is 9.18 Å². The smallest absolute Gasteiger partial charge is 0.321 e. The Bertz CT molecular complexity index is 877. The van der Waals surface area contributed by atoms with E-state index in [-0.39, 0.29) is 11.8 Å². The van der Waals surface area contributed by atoms with Gasteiger partial charge in [-0.2, -0.15) is 5.10 Å². The summed E-state index contributed by atoms with van der Waals surface area (Å²) < 4.78 is 12.9. The molecule has 28 heavy (non-hydrogen) atoms. The van der Waals surface area contributed by atoms with Gasteiger partial charge in [0.15, 0.2) is 0 Å². The van der Waals surface area contributed by atoms with Gasteiger partial charge in [0.05, 0.1) is 5.69 Å². The highest BCUT2D eigenvalue weighted by Gasteiger charge is 2.09. The van der Waals surface area contributed by atoms with Gasteiger partial charge in [0.1, 0.15) is 5.82 Å². The molecule has 0 bridgehead atoms. The molecule has 0 fully saturated rings. The zero-order valence-electron chi connectivity index (χ0n) is 16.0. The maximum Gasteiger partial charge on any atom is 0.321 e. The van der Waals surface area contributed by atoms with Crippen molar-refractivity contribution in [2.75, 3.05) is 18.9 Å². The van der Waals surface area contributed by atoms with Gasteiger partial charge in [-0.3, -0.25) is 5.10 Å². The summed E-state index contributed by atoms with van der Waals surface area (Å²) in [6, 6.07) is 17.8. The Morgan fingerprint density at radius 3 is 2.57 bits per heavy atom. The molecule has 0 aliphatic heterocycles. The predicted octanol–water partition coefficient (Wildman–Crippen LogP) is 5.09. The maximum atomic E-state index is 12.9. The van der Waals surface area contributed by atoms with E-state index in [1.165, 1.54) is 12.1 Å². The van der Waals surface area contributed by atoms with Crippen molar-refractivity contribution in [1.82, 2.24) is 15.1 Å². The molecule has 0 unspecified atom stereocenters. The van der Waals surface area contributed by atoms with Crippen LogP contribution in [-0.4, -0.2) is 34.7 Å². The van der Waals surface area contributed by atoms with Gasteiger partial charge in [-0.1, -0.05) is 36.8 Å². The number of nitrogens with zero attached hydrogens (tertiary/aromatic N) is 2. The van der Waals surface area contributed by atoms with Crippen molar-refractivity contribution in [3.63, 3.8) is 0 Å². The molecule has 0 aliphatic carbocycles. The van der Waals surface area contributed by atoms with E-state index in [0.717, 1.165) is 42.6 Å². The van der Waals surface area contributed by atoms with E-state index in [9.17, 15) is 9.18 Å². The number of anilines is 1. The molecular weight excluding hydrogens is 355 g/mol. The second-order valence-corrected chi connectivity index (χ2v) is 6.81. The van der Waals surface area contributed by atoms with Gasteiger partial charge in [0.25, 0.3) is 0 Å². The number of aromatic nitrogens is 2. The average molecular weight is 380 g/mol. The van der Waals surface area contributed by atoms with Crippen molar-refractivity contribution in [2.24, 2.45) is 0 Å². The molecule has 1 heterocycles. The third-order valence-corrected chi connectivity index (χ3v) is 4.58. The summed E-state index contributed by atoms with van der Waals surface area (Å²) in [6.45, 7) is 0.672. The van der Waals surface area contributed by atoms with Gasteiger partial charge in [-0.25, -0.2) is 9.18 Å². The van der Waals surface area contributed by atoms with E-state index in [2.05, 4.69) is 21.6 Å². The zero-order valence-corrected chi connectivity index (χ0v) is 16.0. The molecule has 146 valence electrons. The first kappa shape index (κ1) is 19.6. The number of amides is 2. The molecular formula is C22H25FN4O. The van der Waals surface area contributed by atoms with Gasteiger partial charge in [0.2, 0.25) is 0 Å². The lowest BCUT2D eigenvalue weighted by atomic mass is 10.1. The van der Waals surface area contributed by atoms with E-state index in [0.29, 0.717) is 12.2 Å². The second-order valence-electron chi connectivity index (χ2n) is 6.81. The van der Waals surface area contributed by atoms with Crippen LogP contribution in [0.4, 0.5) is 14.9 Å². The van der Waals surface area contributed by atoms with Crippen LogP contribution in [0.2, 0.25) is 0 Å². The summed E-state index contributed by atoms with van der Waals surface area (Å²) in [5, 5.41) is 10.2. The molecule has 0 radical (unpaired) electrons. The summed E-state index contributed by atoms with van der Waals surface area (Å²) in [4.78, 5) is 13.8. The number of aryl methyl sites for hydroxylation is 1. The molecule has 0 saturated carbocycles. The Hall–Kier alpha value is -3.15. The normalized spacial score (nSPS) is 10.6. The number of H-pyrrole nitrogens is 1. The monoisotopic (exact) mass is 380 g/mol. The lowest BCUT2D eigenvalue weighted by Gasteiger charge is -2.17. The number of nitrogens with one attached hydrogen (secondary N) is 2. The Morgan fingerprint density at radius 2 is 1.82 bits per heavy atom. The number of hydrogen-bond acceptors (Lipinski definition) is 2. The van der Waals surface area contributed by atoms with Crippen LogP contribution in [-0.2, 0) is 6.42 Å². The standard InChI is InChI=1S/C22H25FN4O/c1-27(22(28)24-19-13-11-18(23)12-14-19)15-7-3-6-10-20-16-21(26-25-20)17-8-4-2-5-9-17/h2,4-5,8-9,11-14,16H,3,6-7,10,15H2,1H3,(H,24,28)(H,25,26). The van der Waals surface area contributed by atoms with Crippen molar-refractivity contribution in [2.45, 2.75) is 25.7 Å². The lowest BCUT2D eigenvalue weighted by molar-refractivity contribution is 0.221. The Kier molecular flexibility index (Phi) is 6.78. The number of urea groups is 1. The first-order valence-electron chi connectivity index (χ1n) is 9.49. The van der Waals surface area contributed by atoms with Crippen LogP contribution >= 0.6 is 0 Å². The first-order valence-corrected chi connectivity index (χ1v) is 9.49. The van der Waals surface area contributed by atoms with Crippen molar-refractivity contribution in [1.29, 1.82) is 0 Å². The van der Waals surface area contributed by atoms with Crippen LogP contribution in [0, 0.1) is 5.82 Å². The molecule has 0 aliphatic rings. The quantitative estimate of drug-likeness (QED) is 0.535. The van der Waals surface area contributed by atoms with Crippen LogP contribution in [0.15, 0.2) is 60.7 Å². The van der Waals surface area contributed by atoms with E-state index in [1.807, 2.05) is 30.3 Å². The minimum absolute atomic E-state index is 0.187. The van der Waals surface area contributed by atoms with Crippen LogP contribution in [0.1, 0.15) is 25.0 Å². The number of rotatable bonds is 8.